The summed E-state index contributed by atoms with van der Waals surface area (Å²) in [5.74, 6) is 0.148. The van der Waals surface area contributed by atoms with E-state index < -0.39 is 5.41 Å². The molecule has 0 amide bonds. The highest BCUT2D eigenvalue weighted by Crippen LogP contribution is 2.29. The molecule has 0 N–H and O–H groups in total. The maximum atomic E-state index is 11.8. The largest absolute Gasteiger partial charge is 0.299 e. The van der Waals surface area contributed by atoms with Gasteiger partial charge < -0.3 is 0 Å². The second kappa shape index (κ2) is 5.16. The first kappa shape index (κ1) is 14.4. The van der Waals surface area contributed by atoms with Gasteiger partial charge in [-0.2, -0.15) is 0 Å². The fraction of sp³-hybridized carbons (Fsp3) is 0.353. The molecule has 0 fully saturated rings. The predicted molar refractivity (Wildman–Crippen MR) is 80.6 cm³/mol. The zero-order valence-electron chi connectivity index (χ0n) is 12.7. The van der Waals surface area contributed by atoms with E-state index in [9.17, 15) is 4.79 Å². The van der Waals surface area contributed by atoms with E-state index in [1.807, 2.05) is 52.1 Å². The number of Topliss-reactive ketones (excluding diaryl/α,β-unsaturated/α-hetero) is 1. The van der Waals surface area contributed by atoms with Crippen molar-refractivity contribution in [3.8, 4) is 11.3 Å². The van der Waals surface area contributed by atoms with Gasteiger partial charge in [-0.15, -0.1) is 0 Å². The number of hydrogen-bond donors (Lipinski definition) is 0. The Labute approximate surface area is 120 Å². The molecule has 0 aromatic carbocycles. The Balaban J connectivity index is 2.48. The molecule has 0 unspecified atom stereocenters. The van der Waals surface area contributed by atoms with Crippen molar-refractivity contribution in [1.29, 1.82) is 0 Å². The highest BCUT2D eigenvalue weighted by molar-refractivity contribution is 5.87. The van der Waals surface area contributed by atoms with Crippen LogP contribution in [0.4, 0.5) is 0 Å². The van der Waals surface area contributed by atoms with Crippen LogP contribution in [0.2, 0.25) is 0 Å². The molecule has 2 aromatic rings. The summed E-state index contributed by atoms with van der Waals surface area (Å²) in [7, 11) is 0. The van der Waals surface area contributed by atoms with E-state index in [0.29, 0.717) is 0 Å². The monoisotopic (exact) mass is 268 g/mol. The minimum Gasteiger partial charge on any atom is -0.299 e. The minimum absolute atomic E-state index is 0.148. The quantitative estimate of drug-likeness (QED) is 0.853. The number of carbonyl (C=O) groups is 1. The minimum atomic E-state index is -0.496. The molecule has 2 aromatic heterocycles. The van der Waals surface area contributed by atoms with Crippen LogP contribution < -0.4 is 0 Å². The molecule has 3 heteroatoms. The van der Waals surface area contributed by atoms with Crippen LogP contribution in [-0.2, 0) is 10.2 Å². The summed E-state index contributed by atoms with van der Waals surface area (Å²) in [6, 6.07) is 6.00. The van der Waals surface area contributed by atoms with Crippen LogP contribution in [0.1, 0.15) is 37.6 Å². The van der Waals surface area contributed by atoms with Gasteiger partial charge >= 0.3 is 0 Å². The Morgan fingerprint density at radius 2 is 1.85 bits per heavy atom. The zero-order valence-corrected chi connectivity index (χ0v) is 12.7. The molecule has 0 aliphatic carbocycles. The van der Waals surface area contributed by atoms with Gasteiger partial charge in [0.05, 0.1) is 5.69 Å². The Morgan fingerprint density at radius 1 is 1.15 bits per heavy atom. The van der Waals surface area contributed by atoms with Gasteiger partial charge in [0.2, 0.25) is 0 Å². The standard InChI is InChI=1S/C17H20N2O/c1-11-8-16(14-6-7-18-12(2)9-14)19-10-15(11)17(4,5)13(3)20/h6-10H,1-5H3. The molecule has 3 nitrogen and oxygen atoms in total. The topological polar surface area (TPSA) is 42.9 Å². The third-order valence-electron chi connectivity index (χ3n) is 3.86. The second-order valence-electron chi connectivity index (χ2n) is 5.75. The van der Waals surface area contributed by atoms with Crippen molar-refractivity contribution < 1.29 is 4.79 Å². The number of carbonyl (C=O) groups excluding carboxylic acids is 1. The first-order chi connectivity index (χ1) is 9.32. The van der Waals surface area contributed by atoms with Gasteiger partial charge in [-0.25, -0.2) is 0 Å². The molecule has 0 radical (unpaired) electrons. The van der Waals surface area contributed by atoms with Crippen molar-refractivity contribution in [3.63, 3.8) is 0 Å². The number of nitrogens with zero attached hydrogens (tertiary/aromatic N) is 2. The Kier molecular flexibility index (Phi) is 3.71. The van der Waals surface area contributed by atoms with Crippen LogP contribution in [0.15, 0.2) is 30.6 Å². The van der Waals surface area contributed by atoms with Crippen LogP contribution in [0, 0.1) is 13.8 Å². The van der Waals surface area contributed by atoms with E-state index in [1.165, 1.54) is 0 Å². The summed E-state index contributed by atoms with van der Waals surface area (Å²) >= 11 is 0. The highest BCUT2D eigenvalue weighted by Gasteiger charge is 2.28. The fourth-order valence-corrected chi connectivity index (χ4v) is 2.26. The van der Waals surface area contributed by atoms with E-state index in [1.54, 1.807) is 13.1 Å². The van der Waals surface area contributed by atoms with Gasteiger partial charge in [0, 0.05) is 29.1 Å². The molecule has 2 heterocycles. The number of ketones is 1. The molecule has 0 aliphatic heterocycles. The Hall–Kier alpha value is -2.03. The van der Waals surface area contributed by atoms with E-state index in [2.05, 4.69) is 9.97 Å². The van der Waals surface area contributed by atoms with E-state index in [-0.39, 0.29) is 5.78 Å². The summed E-state index contributed by atoms with van der Waals surface area (Å²) < 4.78 is 0. The van der Waals surface area contributed by atoms with Crippen molar-refractivity contribution in [1.82, 2.24) is 9.97 Å². The van der Waals surface area contributed by atoms with Crippen LogP contribution in [0.3, 0.4) is 0 Å². The average molecular weight is 268 g/mol. The van der Waals surface area contributed by atoms with Gasteiger partial charge in [-0.1, -0.05) is 0 Å². The molecular weight excluding hydrogens is 248 g/mol. The summed E-state index contributed by atoms with van der Waals surface area (Å²) in [4.78, 5) is 20.5. The predicted octanol–water partition coefficient (Wildman–Crippen LogP) is 3.63. The smallest absolute Gasteiger partial charge is 0.139 e. The number of aryl methyl sites for hydroxylation is 2. The van der Waals surface area contributed by atoms with E-state index >= 15 is 0 Å². The SMILES string of the molecule is CC(=O)C(C)(C)c1cnc(-c2ccnc(C)c2)cc1C. The van der Waals surface area contributed by atoms with Gasteiger partial charge in [-0.05, 0) is 63.9 Å². The third kappa shape index (κ3) is 2.62. The van der Waals surface area contributed by atoms with Crippen molar-refractivity contribution in [2.24, 2.45) is 0 Å². The zero-order chi connectivity index (χ0) is 14.9. The van der Waals surface area contributed by atoms with Crippen LogP contribution in [0.5, 0.6) is 0 Å². The van der Waals surface area contributed by atoms with Crippen molar-refractivity contribution in [2.75, 3.05) is 0 Å². The van der Waals surface area contributed by atoms with Crippen molar-refractivity contribution in [2.45, 2.75) is 40.0 Å². The first-order valence-electron chi connectivity index (χ1n) is 6.73. The lowest BCUT2D eigenvalue weighted by Crippen LogP contribution is -2.27. The van der Waals surface area contributed by atoms with Crippen LogP contribution in [0.25, 0.3) is 11.3 Å². The fourth-order valence-electron chi connectivity index (χ4n) is 2.26. The van der Waals surface area contributed by atoms with E-state index in [0.717, 1.165) is 28.1 Å². The maximum Gasteiger partial charge on any atom is 0.139 e. The summed E-state index contributed by atoms with van der Waals surface area (Å²) in [6.07, 6.45) is 3.61. The lowest BCUT2D eigenvalue weighted by molar-refractivity contribution is -0.121. The summed E-state index contributed by atoms with van der Waals surface area (Å²) in [5.41, 5.74) is 4.51. The highest BCUT2D eigenvalue weighted by atomic mass is 16.1. The normalized spacial score (nSPS) is 11.4. The maximum absolute atomic E-state index is 11.8. The molecule has 20 heavy (non-hydrogen) atoms. The van der Waals surface area contributed by atoms with Crippen LogP contribution in [-0.4, -0.2) is 15.8 Å². The lowest BCUT2D eigenvalue weighted by atomic mass is 9.80. The van der Waals surface area contributed by atoms with E-state index in [4.69, 9.17) is 0 Å². The van der Waals surface area contributed by atoms with Gasteiger partial charge in [0.1, 0.15) is 5.78 Å². The number of aromatic nitrogens is 2. The molecule has 0 spiro atoms. The van der Waals surface area contributed by atoms with Gasteiger partial charge in [-0.3, -0.25) is 14.8 Å². The van der Waals surface area contributed by atoms with Crippen molar-refractivity contribution >= 4 is 5.78 Å². The number of rotatable bonds is 3. The lowest BCUT2D eigenvalue weighted by Gasteiger charge is -2.23. The summed E-state index contributed by atoms with van der Waals surface area (Å²) in [6.45, 7) is 9.49. The molecule has 0 bridgehead atoms. The molecule has 0 atom stereocenters. The van der Waals surface area contributed by atoms with Crippen molar-refractivity contribution in [3.05, 3.63) is 47.4 Å². The molecule has 2 rings (SSSR count). The molecule has 104 valence electrons. The second-order valence-corrected chi connectivity index (χ2v) is 5.75. The van der Waals surface area contributed by atoms with Crippen LogP contribution >= 0.6 is 0 Å². The van der Waals surface area contributed by atoms with Gasteiger partial charge in [0.15, 0.2) is 0 Å². The number of pyridine rings is 2. The Morgan fingerprint density at radius 3 is 2.40 bits per heavy atom. The third-order valence-corrected chi connectivity index (χ3v) is 3.86. The number of hydrogen-bond acceptors (Lipinski definition) is 3. The average Bonchev–Trinajstić information content (AvgIpc) is 2.38. The van der Waals surface area contributed by atoms with Gasteiger partial charge in [0.25, 0.3) is 0 Å². The molecule has 0 saturated heterocycles. The molecule has 0 saturated carbocycles. The summed E-state index contributed by atoms with van der Waals surface area (Å²) in [5, 5.41) is 0. The first-order valence-corrected chi connectivity index (χ1v) is 6.73. The molecular formula is C17H20N2O. The Bertz CT molecular complexity index is 660. The molecule has 0 aliphatic rings.